The van der Waals surface area contributed by atoms with Gasteiger partial charge in [0.1, 0.15) is 5.76 Å². The van der Waals surface area contributed by atoms with Gasteiger partial charge in [0.05, 0.1) is 37.3 Å². The van der Waals surface area contributed by atoms with E-state index in [9.17, 15) is 0 Å². The molecule has 1 fully saturated rings. The van der Waals surface area contributed by atoms with Gasteiger partial charge in [0.25, 0.3) is 0 Å². The maximum absolute atomic E-state index is 5.53. The first-order valence-electron chi connectivity index (χ1n) is 8.15. The van der Waals surface area contributed by atoms with Gasteiger partial charge in [0, 0.05) is 20.2 Å². The molecule has 1 atom stereocenters. The first-order valence-corrected chi connectivity index (χ1v) is 8.15. The molecule has 1 saturated carbocycles. The van der Waals surface area contributed by atoms with Crippen LogP contribution in [0.15, 0.2) is 29.0 Å². The lowest BCUT2D eigenvalue weighted by atomic mass is 10.00. The fourth-order valence-electron chi connectivity index (χ4n) is 3.43. The highest BCUT2D eigenvalue weighted by Crippen LogP contribution is 2.35. The summed E-state index contributed by atoms with van der Waals surface area (Å²) in [6.45, 7) is 3.61. The lowest BCUT2D eigenvalue weighted by Crippen LogP contribution is -2.38. The highest BCUT2D eigenvalue weighted by molar-refractivity contribution is 5.25. The normalized spacial score (nSPS) is 22.0. The van der Waals surface area contributed by atoms with Crippen LogP contribution < -0.4 is 0 Å². The van der Waals surface area contributed by atoms with E-state index in [1.54, 1.807) is 13.4 Å². The largest absolute Gasteiger partial charge is 0.468 e. The first-order chi connectivity index (χ1) is 10.8. The van der Waals surface area contributed by atoms with Gasteiger partial charge in [0.2, 0.25) is 0 Å². The Labute approximate surface area is 130 Å². The third-order valence-corrected chi connectivity index (χ3v) is 4.78. The Morgan fingerprint density at radius 1 is 1.41 bits per heavy atom. The van der Waals surface area contributed by atoms with E-state index < -0.39 is 0 Å². The van der Waals surface area contributed by atoms with Crippen LogP contribution in [0.4, 0.5) is 0 Å². The number of methoxy groups -OCH3 is 1. The number of hydrogen-bond acceptors (Lipinski definition) is 4. The lowest BCUT2D eigenvalue weighted by molar-refractivity contribution is 0.0681. The molecule has 0 unspecified atom stereocenters. The standard InChI is InChI=1S/C17H23N3O2/c1-21-12-16-17-14(9-18-20(17)10-13-4-5-13)6-7-19(16)11-15-3-2-8-22-15/h2-3,8-9,13,16H,4-7,10-12H2,1H3/t16-/m0/s1. The summed E-state index contributed by atoms with van der Waals surface area (Å²) in [4.78, 5) is 2.45. The van der Waals surface area contributed by atoms with Crippen LogP contribution in [-0.2, 0) is 24.2 Å². The monoisotopic (exact) mass is 301 g/mol. The molecule has 2 aliphatic rings. The van der Waals surface area contributed by atoms with Gasteiger partial charge in [-0.1, -0.05) is 0 Å². The van der Waals surface area contributed by atoms with Crippen molar-refractivity contribution >= 4 is 0 Å². The number of hydrogen-bond donors (Lipinski definition) is 0. The second kappa shape index (κ2) is 5.89. The molecule has 0 amide bonds. The van der Waals surface area contributed by atoms with Gasteiger partial charge >= 0.3 is 0 Å². The average Bonchev–Trinajstić information content (AvgIpc) is 3.02. The van der Waals surface area contributed by atoms with Crippen molar-refractivity contribution < 1.29 is 9.15 Å². The summed E-state index contributed by atoms with van der Waals surface area (Å²) < 4.78 is 13.3. The molecule has 4 rings (SSSR count). The highest BCUT2D eigenvalue weighted by atomic mass is 16.5. The van der Waals surface area contributed by atoms with Gasteiger partial charge in [-0.05, 0) is 42.9 Å². The Balaban J connectivity index is 1.60. The Morgan fingerprint density at radius 3 is 3.05 bits per heavy atom. The summed E-state index contributed by atoms with van der Waals surface area (Å²) >= 11 is 0. The Morgan fingerprint density at radius 2 is 2.32 bits per heavy atom. The van der Waals surface area contributed by atoms with E-state index in [1.807, 2.05) is 12.1 Å². The molecule has 0 radical (unpaired) electrons. The van der Waals surface area contributed by atoms with E-state index in [0.29, 0.717) is 6.61 Å². The molecule has 5 nitrogen and oxygen atoms in total. The van der Waals surface area contributed by atoms with Gasteiger partial charge in [-0.25, -0.2) is 0 Å². The van der Waals surface area contributed by atoms with Crippen molar-refractivity contribution in [1.82, 2.24) is 14.7 Å². The van der Waals surface area contributed by atoms with Crippen molar-refractivity contribution in [2.45, 2.75) is 38.4 Å². The van der Waals surface area contributed by atoms with E-state index in [4.69, 9.17) is 9.15 Å². The highest BCUT2D eigenvalue weighted by Gasteiger charge is 2.33. The number of fused-ring (bicyclic) bond motifs is 1. The van der Waals surface area contributed by atoms with E-state index in [0.717, 1.165) is 37.7 Å². The molecule has 118 valence electrons. The summed E-state index contributed by atoms with van der Waals surface area (Å²) in [5, 5.41) is 4.65. The number of aromatic nitrogens is 2. The van der Waals surface area contributed by atoms with Crippen LogP contribution in [-0.4, -0.2) is 34.9 Å². The Hall–Kier alpha value is -1.59. The first kappa shape index (κ1) is 14.0. The SMILES string of the molecule is COC[C@H]1c2c(cnn2CC2CC2)CCN1Cc1ccco1. The average molecular weight is 301 g/mol. The summed E-state index contributed by atoms with van der Waals surface area (Å²) in [6, 6.07) is 4.26. The zero-order valence-corrected chi connectivity index (χ0v) is 13.1. The van der Waals surface area contributed by atoms with E-state index >= 15 is 0 Å². The van der Waals surface area contributed by atoms with Gasteiger partial charge in [-0.3, -0.25) is 9.58 Å². The van der Waals surface area contributed by atoms with Crippen LogP contribution in [0.25, 0.3) is 0 Å². The zero-order chi connectivity index (χ0) is 14.9. The van der Waals surface area contributed by atoms with Crippen LogP contribution in [0.5, 0.6) is 0 Å². The minimum Gasteiger partial charge on any atom is -0.468 e. The molecule has 2 aromatic heterocycles. The van der Waals surface area contributed by atoms with Crippen LogP contribution >= 0.6 is 0 Å². The van der Waals surface area contributed by atoms with Gasteiger partial charge in [-0.15, -0.1) is 0 Å². The van der Waals surface area contributed by atoms with E-state index in [2.05, 4.69) is 20.9 Å². The molecule has 0 bridgehead atoms. The van der Waals surface area contributed by atoms with Crippen molar-refractivity contribution in [3.8, 4) is 0 Å². The number of furan rings is 1. The smallest absolute Gasteiger partial charge is 0.117 e. The quantitative estimate of drug-likeness (QED) is 0.822. The minimum absolute atomic E-state index is 0.264. The predicted octanol–water partition coefficient (Wildman–Crippen LogP) is 2.63. The van der Waals surface area contributed by atoms with Crippen molar-refractivity contribution in [1.29, 1.82) is 0 Å². The molecule has 22 heavy (non-hydrogen) atoms. The topological polar surface area (TPSA) is 43.4 Å². The number of rotatable bonds is 6. The second-order valence-electron chi connectivity index (χ2n) is 6.45. The van der Waals surface area contributed by atoms with Crippen LogP contribution in [0, 0.1) is 5.92 Å². The maximum Gasteiger partial charge on any atom is 0.117 e. The van der Waals surface area contributed by atoms with Gasteiger partial charge in [0.15, 0.2) is 0 Å². The molecule has 0 aromatic carbocycles. The van der Waals surface area contributed by atoms with Crippen molar-refractivity contribution in [3.63, 3.8) is 0 Å². The summed E-state index contributed by atoms with van der Waals surface area (Å²) in [5.41, 5.74) is 2.74. The molecule has 5 heteroatoms. The molecule has 0 spiro atoms. The maximum atomic E-state index is 5.53. The minimum atomic E-state index is 0.264. The lowest BCUT2D eigenvalue weighted by Gasteiger charge is -2.35. The van der Waals surface area contributed by atoms with Gasteiger partial charge in [-0.2, -0.15) is 5.10 Å². The van der Waals surface area contributed by atoms with E-state index in [1.165, 1.54) is 24.1 Å². The van der Waals surface area contributed by atoms with Crippen LogP contribution in [0.2, 0.25) is 0 Å². The second-order valence-corrected chi connectivity index (χ2v) is 6.45. The molecule has 2 aromatic rings. The fourth-order valence-corrected chi connectivity index (χ4v) is 3.43. The third kappa shape index (κ3) is 2.71. The molecule has 3 heterocycles. The Kier molecular flexibility index (Phi) is 3.76. The molecular formula is C17H23N3O2. The third-order valence-electron chi connectivity index (χ3n) is 4.78. The molecule has 1 aliphatic carbocycles. The summed E-state index contributed by atoms with van der Waals surface area (Å²) in [6.07, 6.45) is 7.55. The molecular weight excluding hydrogens is 278 g/mol. The van der Waals surface area contributed by atoms with Crippen molar-refractivity contribution in [2.24, 2.45) is 5.92 Å². The summed E-state index contributed by atoms with van der Waals surface area (Å²) in [7, 11) is 1.78. The fraction of sp³-hybridized carbons (Fsp3) is 0.588. The van der Waals surface area contributed by atoms with Crippen molar-refractivity contribution in [2.75, 3.05) is 20.3 Å². The summed E-state index contributed by atoms with van der Waals surface area (Å²) in [5.74, 6) is 1.84. The van der Waals surface area contributed by atoms with Gasteiger partial charge < -0.3 is 9.15 Å². The molecule has 1 aliphatic heterocycles. The van der Waals surface area contributed by atoms with Crippen LogP contribution in [0.1, 0.15) is 35.9 Å². The number of ether oxygens (including phenoxy) is 1. The van der Waals surface area contributed by atoms with Crippen LogP contribution in [0.3, 0.4) is 0 Å². The predicted molar refractivity (Wildman–Crippen MR) is 82.4 cm³/mol. The Bertz CT molecular complexity index is 616. The molecule has 0 N–H and O–H groups in total. The molecule has 0 saturated heterocycles. The number of nitrogens with zero attached hydrogens (tertiary/aromatic N) is 3. The van der Waals surface area contributed by atoms with E-state index in [-0.39, 0.29) is 6.04 Å². The zero-order valence-electron chi connectivity index (χ0n) is 13.1. The van der Waals surface area contributed by atoms with Crippen molar-refractivity contribution in [3.05, 3.63) is 41.6 Å².